The zero-order valence-electron chi connectivity index (χ0n) is 13.4. The minimum Gasteiger partial charge on any atom is -0.453 e. The summed E-state index contributed by atoms with van der Waals surface area (Å²) in [5, 5.41) is 0. The van der Waals surface area contributed by atoms with Crippen LogP contribution in [0, 0.1) is 5.41 Å². The van der Waals surface area contributed by atoms with Crippen molar-refractivity contribution in [3.63, 3.8) is 0 Å². The molecular formula is C21H20O2. The molecule has 0 bridgehead atoms. The Kier molecular flexibility index (Phi) is 4.16. The van der Waals surface area contributed by atoms with Gasteiger partial charge in [0.2, 0.25) is 0 Å². The van der Waals surface area contributed by atoms with Gasteiger partial charge in [-0.15, -0.1) is 0 Å². The lowest BCUT2D eigenvalue weighted by molar-refractivity contribution is 0.0229. The van der Waals surface area contributed by atoms with Gasteiger partial charge in [0.25, 0.3) is 0 Å². The lowest BCUT2D eigenvalue weighted by atomic mass is 9.77. The van der Waals surface area contributed by atoms with Crippen LogP contribution in [0.15, 0.2) is 78.9 Å². The number of carbonyl (C=O) groups is 1. The second-order valence-electron chi connectivity index (χ2n) is 6.32. The highest BCUT2D eigenvalue weighted by atomic mass is 16.5. The molecule has 0 saturated carbocycles. The maximum absolute atomic E-state index is 12.5. The zero-order valence-corrected chi connectivity index (χ0v) is 13.4. The van der Waals surface area contributed by atoms with Crippen LogP contribution in [0.25, 0.3) is 5.57 Å². The second-order valence-corrected chi connectivity index (χ2v) is 6.32. The molecule has 1 unspecified atom stereocenters. The summed E-state index contributed by atoms with van der Waals surface area (Å²) in [6, 6.07) is 19.2. The molecule has 0 radical (unpaired) electrons. The molecule has 23 heavy (non-hydrogen) atoms. The van der Waals surface area contributed by atoms with Crippen molar-refractivity contribution in [1.29, 1.82) is 0 Å². The van der Waals surface area contributed by atoms with Crippen LogP contribution in [0.2, 0.25) is 0 Å². The number of rotatable bonds is 3. The average molecular weight is 304 g/mol. The van der Waals surface area contributed by atoms with E-state index in [0.29, 0.717) is 5.56 Å². The van der Waals surface area contributed by atoms with E-state index in [2.05, 4.69) is 19.9 Å². The lowest BCUT2D eigenvalue weighted by Gasteiger charge is -2.35. The Morgan fingerprint density at radius 2 is 1.57 bits per heavy atom. The minimum atomic E-state index is -0.317. The van der Waals surface area contributed by atoms with E-state index >= 15 is 0 Å². The number of hydrogen-bond acceptors (Lipinski definition) is 2. The molecule has 0 aromatic heterocycles. The average Bonchev–Trinajstić information content (AvgIpc) is 2.58. The highest BCUT2D eigenvalue weighted by molar-refractivity contribution is 5.90. The summed E-state index contributed by atoms with van der Waals surface area (Å²) in [6.07, 6.45) is 5.84. The van der Waals surface area contributed by atoms with Crippen molar-refractivity contribution in [3.8, 4) is 0 Å². The van der Waals surface area contributed by atoms with E-state index in [1.807, 2.05) is 60.7 Å². The van der Waals surface area contributed by atoms with Crippen LogP contribution in [-0.4, -0.2) is 12.1 Å². The number of benzene rings is 2. The number of hydrogen-bond donors (Lipinski definition) is 0. The topological polar surface area (TPSA) is 26.3 Å². The van der Waals surface area contributed by atoms with E-state index in [1.54, 1.807) is 12.1 Å². The van der Waals surface area contributed by atoms with Gasteiger partial charge in [-0.2, -0.15) is 0 Å². The van der Waals surface area contributed by atoms with Crippen molar-refractivity contribution in [2.24, 2.45) is 5.41 Å². The van der Waals surface area contributed by atoms with Gasteiger partial charge in [0.15, 0.2) is 0 Å². The molecule has 0 heterocycles. The molecule has 2 aromatic carbocycles. The Balaban J connectivity index is 1.92. The molecule has 0 N–H and O–H groups in total. The van der Waals surface area contributed by atoms with Crippen LogP contribution < -0.4 is 0 Å². The van der Waals surface area contributed by atoms with Gasteiger partial charge in [0, 0.05) is 11.0 Å². The first kappa shape index (κ1) is 15.3. The Labute approximate surface area is 137 Å². The molecule has 1 aliphatic carbocycles. The molecular weight excluding hydrogens is 284 g/mol. The second kappa shape index (κ2) is 6.25. The predicted octanol–water partition coefficient (Wildman–Crippen LogP) is 4.89. The summed E-state index contributed by atoms with van der Waals surface area (Å²) in [4.78, 5) is 12.5. The van der Waals surface area contributed by atoms with Gasteiger partial charge in [-0.25, -0.2) is 4.79 Å². The molecule has 0 saturated heterocycles. The summed E-state index contributed by atoms with van der Waals surface area (Å²) in [5.74, 6) is -0.291. The van der Waals surface area contributed by atoms with Crippen molar-refractivity contribution in [2.45, 2.75) is 20.0 Å². The van der Waals surface area contributed by atoms with Crippen LogP contribution in [-0.2, 0) is 4.74 Å². The van der Waals surface area contributed by atoms with Crippen LogP contribution in [0.1, 0.15) is 29.8 Å². The summed E-state index contributed by atoms with van der Waals surface area (Å²) in [5.41, 5.74) is 2.42. The van der Waals surface area contributed by atoms with Gasteiger partial charge in [-0.3, -0.25) is 0 Å². The Morgan fingerprint density at radius 3 is 2.22 bits per heavy atom. The molecule has 0 spiro atoms. The Morgan fingerprint density at radius 1 is 0.957 bits per heavy atom. The lowest BCUT2D eigenvalue weighted by Crippen LogP contribution is -2.35. The molecule has 0 fully saturated rings. The summed E-state index contributed by atoms with van der Waals surface area (Å²) < 4.78 is 5.90. The molecule has 0 aliphatic heterocycles. The standard InChI is InChI=1S/C21H20O2/c1-21(2)15-9-14-18(16-10-5-3-6-11-16)19(21)23-20(22)17-12-7-4-8-13-17/h3-15,19H,1-2H3. The third-order valence-corrected chi connectivity index (χ3v) is 4.10. The van der Waals surface area contributed by atoms with Crippen molar-refractivity contribution < 1.29 is 9.53 Å². The maximum atomic E-state index is 12.5. The smallest absolute Gasteiger partial charge is 0.338 e. The Bertz CT molecular complexity index is 740. The highest BCUT2D eigenvalue weighted by Crippen LogP contribution is 2.38. The van der Waals surface area contributed by atoms with E-state index in [1.165, 1.54) is 0 Å². The fourth-order valence-electron chi connectivity index (χ4n) is 2.82. The first-order chi connectivity index (χ1) is 11.1. The summed E-state index contributed by atoms with van der Waals surface area (Å²) in [6.45, 7) is 4.17. The van der Waals surface area contributed by atoms with Crippen molar-refractivity contribution in [1.82, 2.24) is 0 Å². The maximum Gasteiger partial charge on any atom is 0.338 e. The van der Waals surface area contributed by atoms with Gasteiger partial charge in [0.1, 0.15) is 6.10 Å². The normalized spacial score (nSPS) is 19.0. The highest BCUT2D eigenvalue weighted by Gasteiger charge is 2.36. The quantitative estimate of drug-likeness (QED) is 0.755. The molecule has 2 nitrogen and oxygen atoms in total. The molecule has 116 valence electrons. The molecule has 1 aliphatic rings. The van der Waals surface area contributed by atoms with Gasteiger partial charge < -0.3 is 4.74 Å². The van der Waals surface area contributed by atoms with Gasteiger partial charge in [-0.1, -0.05) is 80.6 Å². The SMILES string of the molecule is CC1(C)C=CC=C(c2ccccc2)C1OC(=O)c1ccccc1. The van der Waals surface area contributed by atoms with Gasteiger partial charge >= 0.3 is 5.97 Å². The summed E-state index contributed by atoms with van der Waals surface area (Å²) in [7, 11) is 0. The van der Waals surface area contributed by atoms with Crippen molar-refractivity contribution >= 4 is 11.5 Å². The van der Waals surface area contributed by atoms with E-state index in [9.17, 15) is 4.79 Å². The summed E-state index contributed by atoms with van der Waals surface area (Å²) >= 11 is 0. The number of ether oxygens (including phenoxy) is 1. The van der Waals surface area contributed by atoms with E-state index < -0.39 is 0 Å². The number of allylic oxidation sites excluding steroid dienone is 2. The van der Waals surface area contributed by atoms with E-state index in [0.717, 1.165) is 11.1 Å². The van der Waals surface area contributed by atoms with E-state index in [-0.39, 0.29) is 17.5 Å². The molecule has 2 heteroatoms. The third-order valence-electron chi connectivity index (χ3n) is 4.10. The minimum absolute atomic E-state index is 0.260. The van der Waals surface area contributed by atoms with Gasteiger partial charge in [-0.05, 0) is 17.7 Å². The molecule has 3 rings (SSSR count). The molecule has 2 aromatic rings. The predicted molar refractivity (Wildman–Crippen MR) is 93.0 cm³/mol. The third kappa shape index (κ3) is 3.26. The van der Waals surface area contributed by atoms with Crippen molar-refractivity contribution in [3.05, 3.63) is 90.0 Å². The fraction of sp³-hybridized carbons (Fsp3) is 0.190. The van der Waals surface area contributed by atoms with Crippen LogP contribution in [0.3, 0.4) is 0 Å². The van der Waals surface area contributed by atoms with Crippen LogP contribution >= 0.6 is 0 Å². The zero-order chi connectivity index (χ0) is 16.3. The van der Waals surface area contributed by atoms with Crippen LogP contribution in [0.4, 0.5) is 0 Å². The van der Waals surface area contributed by atoms with E-state index in [4.69, 9.17) is 4.74 Å². The van der Waals surface area contributed by atoms with Crippen LogP contribution in [0.5, 0.6) is 0 Å². The first-order valence-electron chi connectivity index (χ1n) is 7.79. The largest absolute Gasteiger partial charge is 0.453 e. The van der Waals surface area contributed by atoms with Gasteiger partial charge in [0.05, 0.1) is 5.56 Å². The number of esters is 1. The molecule has 0 amide bonds. The monoisotopic (exact) mass is 304 g/mol. The first-order valence-corrected chi connectivity index (χ1v) is 7.79. The fourth-order valence-corrected chi connectivity index (χ4v) is 2.82. The Hall–Kier alpha value is -2.61. The number of carbonyl (C=O) groups excluding carboxylic acids is 1. The molecule has 1 atom stereocenters. The van der Waals surface area contributed by atoms with Crippen molar-refractivity contribution in [2.75, 3.05) is 0 Å².